The number of hydrogen-bond donors (Lipinski definition) is 2. The molecule has 2 N–H and O–H groups in total. The van der Waals surface area contributed by atoms with E-state index in [1.165, 1.54) is 0 Å². The number of carbonyl (C=O) groups excluding carboxylic acids is 1. The van der Waals surface area contributed by atoms with Crippen LogP contribution in [0.3, 0.4) is 0 Å². The van der Waals surface area contributed by atoms with E-state index in [4.69, 9.17) is 28.2 Å². The maximum Gasteiger partial charge on any atom is 0.227 e. The summed E-state index contributed by atoms with van der Waals surface area (Å²) < 4.78 is 0. The Labute approximate surface area is 217 Å². The SMILES string of the molecule is C[C@@H](Nc1nc(N2CCN(C(=O)[C@H]3CCN(C)C3)CC2)ncc1C(C)(C)O)c1ccc(Cl)cc1Cl. The third-order valence-electron chi connectivity index (χ3n) is 6.83. The molecule has 0 saturated carbocycles. The normalized spacial score (nSPS) is 20.3. The minimum Gasteiger partial charge on any atom is -0.386 e. The summed E-state index contributed by atoms with van der Waals surface area (Å²) in [5, 5.41) is 15.3. The Balaban J connectivity index is 1.49. The van der Waals surface area contributed by atoms with E-state index in [0.717, 1.165) is 25.1 Å². The van der Waals surface area contributed by atoms with Crippen LogP contribution in [0.5, 0.6) is 0 Å². The van der Waals surface area contributed by atoms with Crippen LogP contribution in [0.25, 0.3) is 0 Å². The molecule has 3 heterocycles. The second kappa shape index (κ2) is 10.5. The average molecular weight is 521 g/mol. The first-order chi connectivity index (χ1) is 16.5. The first-order valence-electron chi connectivity index (χ1n) is 12.1. The minimum absolute atomic E-state index is 0.103. The van der Waals surface area contributed by atoms with Crippen molar-refractivity contribution in [1.29, 1.82) is 0 Å². The largest absolute Gasteiger partial charge is 0.386 e. The van der Waals surface area contributed by atoms with Gasteiger partial charge in [-0.1, -0.05) is 29.3 Å². The molecule has 35 heavy (non-hydrogen) atoms. The van der Waals surface area contributed by atoms with Crippen LogP contribution in [0.15, 0.2) is 24.4 Å². The van der Waals surface area contributed by atoms with Crippen LogP contribution in [-0.4, -0.2) is 77.1 Å². The lowest BCUT2D eigenvalue weighted by Crippen LogP contribution is -2.51. The highest BCUT2D eigenvalue weighted by molar-refractivity contribution is 6.35. The number of likely N-dealkylation sites (tertiary alicyclic amines) is 1. The Morgan fingerprint density at radius 3 is 2.51 bits per heavy atom. The molecule has 0 bridgehead atoms. The van der Waals surface area contributed by atoms with E-state index in [1.54, 1.807) is 32.2 Å². The molecule has 2 fully saturated rings. The summed E-state index contributed by atoms with van der Waals surface area (Å²) in [6.45, 7) is 9.84. The molecular weight excluding hydrogens is 487 g/mol. The molecule has 2 aliphatic heterocycles. The van der Waals surface area contributed by atoms with Crippen molar-refractivity contribution in [2.75, 3.05) is 56.5 Å². The highest BCUT2D eigenvalue weighted by atomic mass is 35.5. The summed E-state index contributed by atoms with van der Waals surface area (Å²) in [4.78, 5) is 28.5. The number of nitrogens with one attached hydrogen (secondary N) is 1. The third-order valence-corrected chi connectivity index (χ3v) is 7.39. The second-order valence-corrected chi connectivity index (χ2v) is 10.9. The molecule has 1 amide bonds. The highest BCUT2D eigenvalue weighted by Gasteiger charge is 2.32. The van der Waals surface area contributed by atoms with Gasteiger partial charge in [-0.2, -0.15) is 4.98 Å². The lowest BCUT2D eigenvalue weighted by Gasteiger charge is -2.36. The Kier molecular flexibility index (Phi) is 7.76. The summed E-state index contributed by atoms with van der Waals surface area (Å²) in [7, 11) is 2.06. The summed E-state index contributed by atoms with van der Waals surface area (Å²) in [5.41, 5.74) is 0.337. The number of benzene rings is 1. The van der Waals surface area contributed by atoms with E-state index in [-0.39, 0.29) is 17.9 Å². The topological polar surface area (TPSA) is 84.8 Å². The molecule has 2 saturated heterocycles. The van der Waals surface area contributed by atoms with Gasteiger partial charge in [-0.25, -0.2) is 4.98 Å². The summed E-state index contributed by atoms with van der Waals surface area (Å²) in [5.74, 6) is 1.48. The number of anilines is 2. The molecule has 0 radical (unpaired) electrons. The number of piperazine rings is 1. The zero-order valence-corrected chi connectivity index (χ0v) is 22.3. The first-order valence-corrected chi connectivity index (χ1v) is 12.8. The Morgan fingerprint density at radius 2 is 1.91 bits per heavy atom. The van der Waals surface area contributed by atoms with E-state index < -0.39 is 5.60 Å². The summed E-state index contributed by atoms with van der Waals surface area (Å²) in [6, 6.07) is 5.21. The molecule has 0 spiro atoms. The van der Waals surface area contributed by atoms with Gasteiger partial charge in [0.15, 0.2) is 0 Å². The van der Waals surface area contributed by atoms with Crippen LogP contribution in [-0.2, 0) is 10.4 Å². The number of aromatic nitrogens is 2. The van der Waals surface area contributed by atoms with Crippen molar-refractivity contribution in [1.82, 2.24) is 19.8 Å². The minimum atomic E-state index is -1.13. The van der Waals surface area contributed by atoms with Crippen molar-refractivity contribution in [3.63, 3.8) is 0 Å². The zero-order valence-electron chi connectivity index (χ0n) is 20.8. The van der Waals surface area contributed by atoms with E-state index >= 15 is 0 Å². The van der Waals surface area contributed by atoms with Gasteiger partial charge in [0.1, 0.15) is 5.82 Å². The molecule has 2 atom stereocenters. The van der Waals surface area contributed by atoms with Crippen molar-refractivity contribution < 1.29 is 9.90 Å². The Morgan fingerprint density at radius 1 is 1.20 bits per heavy atom. The third kappa shape index (κ3) is 6.00. The molecule has 0 unspecified atom stereocenters. The molecule has 1 aromatic carbocycles. The van der Waals surface area contributed by atoms with Crippen LogP contribution in [0.2, 0.25) is 10.0 Å². The van der Waals surface area contributed by atoms with Crippen molar-refractivity contribution in [3.8, 4) is 0 Å². The fourth-order valence-electron chi connectivity index (χ4n) is 4.74. The monoisotopic (exact) mass is 520 g/mol. The first kappa shape index (κ1) is 25.9. The predicted octanol–water partition coefficient (Wildman–Crippen LogP) is 3.78. The van der Waals surface area contributed by atoms with Crippen molar-refractivity contribution in [2.45, 2.75) is 38.8 Å². The van der Waals surface area contributed by atoms with Gasteiger partial charge in [-0.3, -0.25) is 4.79 Å². The highest BCUT2D eigenvalue weighted by Crippen LogP contribution is 2.33. The van der Waals surface area contributed by atoms with E-state index in [0.29, 0.717) is 53.6 Å². The maximum absolute atomic E-state index is 12.9. The van der Waals surface area contributed by atoms with Crippen LogP contribution in [0, 0.1) is 5.92 Å². The van der Waals surface area contributed by atoms with Crippen molar-refractivity contribution in [3.05, 3.63) is 45.6 Å². The molecule has 1 aromatic heterocycles. The van der Waals surface area contributed by atoms with Gasteiger partial charge in [0.25, 0.3) is 0 Å². The van der Waals surface area contributed by atoms with Gasteiger partial charge in [0.05, 0.1) is 17.6 Å². The fraction of sp³-hybridized carbons (Fsp3) is 0.560. The van der Waals surface area contributed by atoms with Crippen LogP contribution >= 0.6 is 23.2 Å². The van der Waals surface area contributed by atoms with Gasteiger partial charge in [-0.05, 0) is 58.5 Å². The average Bonchev–Trinajstić information content (AvgIpc) is 3.24. The van der Waals surface area contributed by atoms with E-state index in [9.17, 15) is 9.90 Å². The molecule has 0 aliphatic carbocycles. The molecule has 190 valence electrons. The van der Waals surface area contributed by atoms with Crippen molar-refractivity contribution in [2.24, 2.45) is 5.92 Å². The summed E-state index contributed by atoms with van der Waals surface area (Å²) in [6.07, 6.45) is 2.61. The zero-order chi connectivity index (χ0) is 25.3. The van der Waals surface area contributed by atoms with Gasteiger partial charge in [0, 0.05) is 54.5 Å². The molecule has 2 aromatic rings. The number of amides is 1. The number of hydrogen-bond acceptors (Lipinski definition) is 7. The quantitative estimate of drug-likeness (QED) is 0.599. The Hall–Kier alpha value is -2.13. The van der Waals surface area contributed by atoms with Gasteiger partial charge >= 0.3 is 0 Å². The molecule has 2 aliphatic rings. The molecule has 8 nitrogen and oxygen atoms in total. The van der Waals surface area contributed by atoms with E-state index in [2.05, 4.69) is 27.1 Å². The van der Waals surface area contributed by atoms with Gasteiger partial charge in [0.2, 0.25) is 11.9 Å². The van der Waals surface area contributed by atoms with Crippen LogP contribution in [0.1, 0.15) is 44.4 Å². The molecular formula is C25H34Cl2N6O2. The molecule has 4 rings (SSSR count). The van der Waals surface area contributed by atoms with E-state index in [1.807, 2.05) is 17.9 Å². The fourth-order valence-corrected chi connectivity index (χ4v) is 5.31. The van der Waals surface area contributed by atoms with Gasteiger partial charge < -0.3 is 25.1 Å². The molecule has 10 heteroatoms. The summed E-state index contributed by atoms with van der Waals surface area (Å²) >= 11 is 12.5. The second-order valence-electron chi connectivity index (χ2n) is 10.1. The predicted molar refractivity (Wildman–Crippen MR) is 140 cm³/mol. The van der Waals surface area contributed by atoms with Crippen LogP contribution < -0.4 is 10.2 Å². The number of nitrogens with zero attached hydrogens (tertiary/aromatic N) is 5. The smallest absolute Gasteiger partial charge is 0.227 e. The lowest BCUT2D eigenvalue weighted by atomic mass is 10.00. The number of halogens is 2. The number of carbonyl (C=O) groups is 1. The van der Waals surface area contributed by atoms with Crippen molar-refractivity contribution >= 4 is 40.9 Å². The maximum atomic E-state index is 12.9. The lowest BCUT2D eigenvalue weighted by molar-refractivity contribution is -0.135. The Bertz CT molecular complexity index is 1070. The van der Waals surface area contributed by atoms with Crippen LogP contribution in [0.4, 0.5) is 11.8 Å². The van der Waals surface area contributed by atoms with Gasteiger partial charge in [-0.15, -0.1) is 0 Å². The number of aliphatic hydroxyl groups is 1. The standard InChI is InChI=1S/C25H34Cl2N6O2/c1-16(19-6-5-18(26)13-21(19)27)29-22-20(25(2,3)35)14-28-24(30-22)33-11-9-32(10-12-33)23(34)17-7-8-31(4)15-17/h5-6,13-14,16-17,35H,7-12,15H2,1-4H3,(H,28,29,30)/t16-,17+/m1/s1. The number of rotatable bonds is 6.